The molecule has 51 heavy (non-hydrogen) atoms. The van der Waals surface area contributed by atoms with Gasteiger partial charge in [0.05, 0.1) is 19.1 Å². The number of nitrogens with zero attached hydrogens (tertiary/aromatic N) is 4. The standard InChI is InChI=1S/C41H52N6O4/c1-6-31(5)43-37(48)26-32-13-10-14-33(25-32)39(38-29(3)23-28(2)24-30(38)4)47(41(49)50)36-17-18-42-40(45-36)44-34-15-11-16-35(27-34)51-22-12-21-46-19-8-7-9-20-46/h10-11,13-18,23-25,27,31,39H,6-9,12,19-22,26H2,1-5H3,(H,43,48)(H,49,50)(H,42,44,45). The lowest BCUT2D eigenvalue weighted by atomic mass is 9.88. The molecule has 5 rings (SSSR count). The van der Waals surface area contributed by atoms with Gasteiger partial charge in [-0.05, 0) is 112 Å². The highest BCUT2D eigenvalue weighted by Crippen LogP contribution is 2.37. The van der Waals surface area contributed by atoms with Crippen LogP contribution in [-0.2, 0) is 11.2 Å². The number of hydrogen-bond acceptors (Lipinski definition) is 7. The zero-order chi connectivity index (χ0) is 36.3. The van der Waals surface area contributed by atoms with Crippen molar-refractivity contribution >= 4 is 29.5 Å². The largest absolute Gasteiger partial charge is 0.493 e. The van der Waals surface area contributed by atoms with Gasteiger partial charge in [0.15, 0.2) is 0 Å². The monoisotopic (exact) mass is 692 g/mol. The molecule has 2 unspecified atom stereocenters. The summed E-state index contributed by atoms with van der Waals surface area (Å²) in [6, 6.07) is 20.3. The minimum atomic E-state index is -1.16. The second kappa shape index (κ2) is 17.8. The Morgan fingerprint density at radius 1 is 0.980 bits per heavy atom. The molecule has 10 heteroatoms. The van der Waals surface area contributed by atoms with E-state index >= 15 is 0 Å². The number of piperidine rings is 1. The van der Waals surface area contributed by atoms with E-state index in [1.165, 1.54) is 37.3 Å². The number of anilines is 3. The molecule has 1 fully saturated rings. The van der Waals surface area contributed by atoms with Crippen LogP contribution >= 0.6 is 0 Å². The molecule has 2 heterocycles. The Kier molecular flexibility index (Phi) is 13.0. The summed E-state index contributed by atoms with van der Waals surface area (Å²) in [6.07, 6.45) is 6.26. The number of ether oxygens (including phenoxy) is 1. The van der Waals surface area contributed by atoms with Gasteiger partial charge in [0.25, 0.3) is 0 Å². The molecule has 1 aromatic heterocycles. The molecule has 0 saturated carbocycles. The van der Waals surface area contributed by atoms with Crippen molar-refractivity contribution in [3.63, 3.8) is 0 Å². The van der Waals surface area contributed by atoms with Crippen LogP contribution < -0.4 is 20.3 Å². The van der Waals surface area contributed by atoms with Crippen LogP contribution in [-0.4, -0.2) is 64.3 Å². The molecule has 270 valence electrons. The predicted octanol–water partition coefficient (Wildman–Crippen LogP) is 8.13. The first kappa shape index (κ1) is 37.3. The molecular formula is C41H52N6O4. The molecular weight excluding hydrogens is 640 g/mol. The van der Waals surface area contributed by atoms with Gasteiger partial charge in [0.2, 0.25) is 11.9 Å². The van der Waals surface area contributed by atoms with E-state index in [2.05, 4.69) is 32.7 Å². The van der Waals surface area contributed by atoms with E-state index in [9.17, 15) is 14.7 Å². The van der Waals surface area contributed by atoms with Gasteiger partial charge in [0, 0.05) is 30.5 Å². The molecule has 1 aliphatic rings. The maximum atomic E-state index is 13.3. The highest BCUT2D eigenvalue weighted by molar-refractivity contribution is 5.87. The first-order valence-corrected chi connectivity index (χ1v) is 18.1. The van der Waals surface area contributed by atoms with Crippen molar-refractivity contribution < 1.29 is 19.4 Å². The van der Waals surface area contributed by atoms with Gasteiger partial charge < -0.3 is 25.4 Å². The van der Waals surface area contributed by atoms with E-state index < -0.39 is 12.1 Å². The summed E-state index contributed by atoms with van der Waals surface area (Å²) in [5.74, 6) is 1.14. The van der Waals surface area contributed by atoms with Gasteiger partial charge in [-0.1, -0.05) is 61.4 Å². The molecule has 0 radical (unpaired) electrons. The number of carbonyl (C=O) groups excluding carboxylic acids is 1. The molecule has 4 aromatic rings. The quantitative estimate of drug-likeness (QED) is 0.107. The number of benzene rings is 3. The zero-order valence-electron chi connectivity index (χ0n) is 30.6. The fourth-order valence-corrected chi connectivity index (χ4v) is 6.89. The van der Waals surface area contributed by atoms with Gasteiger partial charge >= 0.3 is 6.09 Å². The molecule has 3 aromatic carbocycles. The Balaban J connectivity index is 1.41. The van der Waals surface area contributed by atoms with Gasteiger partial charge in [-0.3, -0.25) is 4.79 Å². The molecule has 2 amide bonds. The van der Waals surface area contributed by atoms with Crippen molar-refractivity contribution in [3.8, 4) is 5.75 Å². The Morgan fingerprint density at radius 2 is 1.73 bits per heavy atom. The van der Waals surface area contributed by atoms with E-state index in [-0.39, 0.29) is 30.1 Å². The van der Waals surface area contributed by atoms with Crippen LogP contribution in [0.25, 0.3) is 0 Å². The van der Waals surface area contributed by atoms with Crippen LogP contribution in [0.4, 0.5) is 22.2 Å². The number of amides is 2. The van der Waals surface area contributed by atoms with Crippen molar-refractivity contribution in [1.29, 1.82) is 0 Å². The van der Waals surface area contributed by atoms with Crippen LogP contribution in [0.5, 0.6) is 5.75 Å². The minimum absolute atomic E-state index is 0.0682. The smallest absolute Gasteiger partial charge is 0.413 e. The van der Waals surface area contributed by atoms with Crippen LogP contribution in [0.1, 0.15) is 85.4 Å². The Morgan fingerprint density at radius 3 is 2.45 bits per heavy atom. The highest BCUT2D eigenvalue weighted by Gasteiger charge is 2.32. The molecule has 1 saturated heterocycles. The highest BCUT2D eigenvalue weighted by atomic mass is 16.5. The van der Waals surface area contributed by atoms with Gasteiger partial charge in [0.1, 0.15) is 11.6 Å². The summed E-state index contributed by atoms with van der Waals surface area (Å²) in [6.45, 7) is 14.1. The fourth-order valence-electron chi connectivity index (χ4n) is 6.89. The number of aromatic nitrogens is 2. The number of likely N-dealkylation sites (tertiary alicyclic amines) is 1. The maximum absolute atomic E-state index is 13.3. The Labute approximate surface area is 302 Å². The first-order valence-electron chi connectivity index (χ1n) is 18.1. The number of carboxylic acid groups (broad SMARTS) is 1. The van der Waals surface area contributed by atoms with Crippen LogP contribution in [0.2, 0.25) is 0 Å². The summed E-state index contributed by atoms with van der Waals surface area (Å²) < 4.78 is 6.07. The lowest BCUT2D eigenvalue weighted by Crippen LogP contribution is -2.36. The summed E-state index contributed by atoms with van der Waals surface area (Å²) >= 11 is 0. The number of aryl methyl sites for hydroxylation is 3. The van der Waals surface area contributed by atoms with E-state index in [0.29, 0.717) is 6.61 Å². The molecule has 1 aliphatic heterocycles. The van der Waals surface area contributed by atoms with E-state index in [1.807, 2.05) is 83.1 Å². The maximum Gasteiger partial charge on any atom is 0.413 e. The average molecular weight is 693 g/mol. The normalized spacial score (nSPS) is 14.4. The summed E-state index contributed by atoms with van der Waals surface area (Å²) in [7, 11) is 0. The Hall–Kier alpha value is -4.96. The number of hydrogen-bond donors (Lipinski definition) is 3. The van der Waals surface area contributed by atoms with Crippen molar-refractivity contribution in [2.75, 3.05) is 36.5 Å². The molecule has 10 nitrogen and oxygen atoms in total. The van der Waals surface area contributed by atoms with Crippen molar-refractivity contribution in [2.45, 2.75) is 85.2 Å². The molecule has 0 bridgehead atoms. The van der Waals surface area contributed by atoms with Crippen LogP contribution in [0.3, 0.4) is 0 Å². The number of carbonyl (C=O) groups is 2. The molecule has 0 spiro atoms. The summed E-state index contributed by atoms with van der Waals surface area (Å²) in [5, 5.41) is 17.1. The van der Waals surface area contributed by atoms with E-state index in [1.54, 1.807) is 12.3 Å². The molecule has 3 N–H and O–H groups in total. The molecule has 2 atom stereocenters. The Bertz CT molecular complexity index is 1770. The lowest BCUT2D eigenvalue weighted by molar-refractivity contribution is -0.121. The predicted molar refractivity (Wildman–Crippen MR) is 203 cm³/mol. The van der Waals surface area contributed by atoms with E-state index in [0.717, 1.165) is 64.2 Å². The van der Waals surface area contributed by atoms with E-state index in [4.69, 9.17) is 9.72 Å². The van der Waals surface area contributed by atoms with Crippen LogP contribution in [0, 0.1) is 20.8 Å². The van der Waals surface area contributed by atoms with Gasteiger partial charge in [-0.25, -0.2) is 14.7 Å². The third-order valence-electron chi connectivity index (χ3n) is 9.44. The third-order valence-corrected chi connectivity index (χ3v) is 9.44. The minimum Gasteiger partial charge on any atom is -0.493 e. The molecule has 0 aliphatic carbocycles. The van der Waals surface area contributed by atoms with Crippen molar-refractivity contribution in [3.05, 3.63) is 106 Å². The number of rotatable bonds is 15. The van der Waals surface area contributed by atoms with Crippen molar-refractivity contribution in [1.82, 2.24) is 20.2 Å². The van der Waals surface area contributed by atoms with Gasteiger partial charge in [-0.15, -0.1) is 0 Å². The first-order chi connectivity index (χ1) is 24.6. The second-order valence-electron chi connectivity index (χ2n) is 13.7. The average Bonchev–Trinajstić information content (AvgIpc) is 3.10. The van der Waals surface area contributed by atoms with Crippen LogP contribution in [0.15, 0.2) is 72.9 Å². The summed E-state index contributed by atoms with van der Waals surface area (Å²) in [4.78, 5) is 39.1. The van der Waals surface area contributed by atoms with Crippen molar-refractivity contribution in [2.24, 2.45) is 0 Å². The summed E-state index contributed by atoms with van der Waals surface area (Å²) in [5.41, 5.74) is 6.14. The topological polar surface area (TPSA) is 120 Å². The fraction of sp³-hybridized carbons (Fsp3) is 0.415. The zero-order valence-corrected chi connectivity index (χ0v) is 30.6. The lowest BCUT2D eigenvalue weighted by Gasteiger charge is -2.32. The second-order valence-corrected chi connectivity index (χ2v) is 13.7. The SMILES string of the molecule is CCC(C)NC(=O)Cc1cccc(C(c2c(C)cc(C)cc2C)N(C(=O)O)c2ccnc(Nc3cccc(OCCCN4CCCCC4)c3)n2)c1. The van der Waals surface area contributed by atoms with Gasteiger partial charge in [-0.2, -0.15) is 4.98 Å². The number of nitrogens with one attached hydrogen (secondary N) is 2. The third kappa shape index (κ3) is 10.3.